The molecule has 1 saturated heterocycles. The summed E-state index contributed by atoms with van der Waals surface area (Å²) in [6.45, 7) is -0.579. The van der Waals surface area contributed by atoms with E-state index in [1.807, 2.05) is 182 Å². The molecule has 1 aliphatic rings. The largest absolute Gasteiger partial charge is 0.475 e. The maximum absolute atomic E-state index is 14.4. The van der Waals surface area contributed by atoms with Crippen molar-refractivity contribution in [3.05, 3.63) is 215 Å². The lowest BCUT2D eigenvalue weighted by atomic mass is 9.94. The highest BCUT2D eigenvalue weighted by Crippen LogP contribution is 2.51. The zero-order chi connectivity index (χ0) is 42.2. The van der Waals surface area contributed by atoms with E-state index in [-0.39, 0.29) is 39.6 Å². The molecule has 0 aromatic heterocycles. The van der Waals surface area contributed by atoms with Crippen molar-refractivity contribution in [1.82, 2.24) is 0 Å². The predicted molar refractivity (Wildman–Crippen MR) is 227 cm³/mol. The number of hydrogen-bond acceptors (Lipinski definition) is 10. The van der Waals surface area contributed by atoms with Crippen molar-refractivity contribution in [2.75, 3.05) is 6.61 Å². The van der Waals surface area contributed by atoms with Gasteiger partial charge in [0.25, 0.3) is 0 Å². The highest BCUT2D eigenvalue weighted by Gasteiger charge is 2.51. The number of phosphoric ester groups is 1. The van der Waals surface area contributed by atoms with Gasteiger partial charge in [-0.25, -0.2) is 4.57 Å². The molecule has 1 fully saturated rings. The number of ether oxygens (including phenoxy) is 5. The Balaban J connectivity index is 1.21. The number of hydrogen-bond donors (Lipinski definition) is 1. The van der Waals surface area contributed by atoms with Gasteiger partial charge >= 0.3 is 7.82 Å². The second-order valence-electron chi connectivity index (χ2n) is 14.2. The minimum absolute atomic E-state index is 0.0767. The topological polar surface area (TPSA) is 111 Å². The van der Waals surface area contributed by atoms with Gasteiger partial charge in [0.15, 0.2) is 6.29 Å². The molecular formula is C49H51O10P. The third kappa shape index (κ3) is 13.1. The molecule has 60 heavy (non-hydrogen) atoms. The Morgan fingerprint density at radius 1 is 0.450 bits per heavy atom. The molecule has 7 rings (SSSR count). The van der Waals surface area contributed by atoms with Crippen LogP contribution in [-0.2, 0) is 81.5 Å². The minimum atomic E-state index is -4.44. The third-order valence-corrected chi connectivity index (χ3v) is 11.1. The Hall–Kier alpha value is -4.81. The fourth-order valence-electron chi connectivity index (χ4n) is 6.61. The van der Waals surface area contributed by atoms with Gasteiger partial charge in [-0.15, -0.1) is 0 Å². The lowest BCUT2D eigenvalue weighted by molar-refractivity contribution is -0.337. The molecule has 0 bridgehead atoms. The number of rotatable bonds is 22. The molecule has 1 heterocycles. The first-order chi connectivity index (χ1) is 29.8. The number of aliphatic hydroxyl groups is 1. The predicted octanol–water partition coefficient (Wildman–Crippen LogP) is 9.60. The molecule has 0 radical (unpaired) electrons. The van der Waals surface area contributed by atoms with Gasteiger partial charge in [-0.2, -0.15) is 0 Å². The van der Waals surface area contributed by atoms with Crippen LogP contribution < -0.4 is 0 Å². The average molecular weight is 832 g/mol. The van der Waals surface area contributed by atoms with Gasteiger partial charge in [0.05, 0.1) is 47.6 Å². The lowest BCUT2D eigenvalue weighted by Crippen LogP contribution is -2.63. The molecule has 10 nitrogen and oxygen atoms in total. The van der Waals surface area contributed by atoms with Crippen molar-refractivity contribution in [3.8, 4) is 0 Å². The Morgan fingerprint density at radius 3 is 1.15 bits per heavy atom. The summed E-state index contributed by atoms with van der Waals surface area (Å²) in [5.41, 5.74) is 4.93. The molecule has 11 heteroatoms. The van der Waals surface area contributed by atoms with Crippen LogP contribution in [0.3, 0.4) is 0 Å². The van der Waals surface area contributed by atoms with E-state index in [1.54, 1.807) is 0 Å². The highest BCUT2D eigenvalue weighted by atomic mass is 31.2. The van der Waals surface area contributed by atoms with Gasteiger partial charge in [-0.1, -0.05) is 182 Å². The summed E-state index contributed by atoms with van der Waals surface area (Å²) in [5.74, 6) is 0. The second kappa shape index (κ2) is 22.7. The summed E-state index contributed by atoms with van der Waals surface area (Å²) in [4.78, 5) is 0. The number of phosphoric acid groups is 1. The SMILES string of the molecule is [2H][C@@](O)(COP(=O)(OCc1ccccc1)OCc1ccccc1)[C@H]1O[C@H](OCc2ccccc2)[C@@H](OCc2ccccc2)[C@@H](OCc2ccccc2)[C@@H]1OCc1ccccc1. The van der Waals surface area contributed by atoms with E-state index in [1.165, 1.54) is 0 Å². The van der Waals surface area contributed by atoms with Gasteiger partial charge in [-0.05, 0) is 33.4 Å². The Kier molecular flexibility index (Phi) is 15.9. The van der Waals surface area contributed by atoms with Crippen LogP contribution in [0.25, 0.3) is 0 Å². The summed E-state index contributed by atoms with van der Waals surface area (Å²) in [5, 5.41) is 12.3. The second-order valence-corrected chi connectivity index (χ2v) is 15.9. The van der Waals surface area contributed by atoms with Gasteiger partial charge in [0.2, 0.25) is 0 Å². The first-order valence-electron chi connectivity index (χ1n) is 20.4. The van der Waals surface area contributed by atoms with Crippen molar-refractivity contribution < 1.29 is 48.3 Å². The molecule has 1 aliphatic heterocycles. The average Bonchev–Trinajstić information content (AvgIpc) is 3.31. The standard InChI is InChI=1S/C49H51O10P/c50-44(37-58-60(51,56-35-42-27-15-5-16-28-42)57-36-43-29-17-6-18-30-43)45-46(52-31-38-19-7-1-8-20-38)47(53-32-39-21-9-2-10-22-39)48(54-33-40-23-11-3-12-24-40)49(59-45)55-34-41-25-13-4-14-26-41/h1-30,44-50H,31-37H2/t44-,45-,46-,47+,48+,49+/m1/s1/i44D. The van der Waals surface area contributed by atoms with E-state index in [2.05, 4.69) is 0 Å². The van der Waals surface area contributed by atoms with Gasteiger partial charge in [-0.3, -0.25) is 13.6 Å². The summed E-state index contributed by atoms with van der Waals surface area (Å²) < 4.78 is 74.7. The fraction of sp³-hybridized carbons (Fsp3) is 0.265. The van der Waals surface area contributed by atoms with Crippen molar-refractivity contribution in [3.63, 3.8) is 0 Å². The first-order valence-corrected chi connectivity index (χ1v) is 21.4. The normalized spacial score (nSPS) is 20.6. The summed E-state index contributed by atoms with van der Waals surface area (Å²) in [7, 11) is -4.44. The fourth-order valence-corrected chi connectivity index (χ4v) is 7.74. The van der Waals surface area contributed by atoms with Crippen molar-refractivity contribution in [2.45, 2.75) is 76.4 Å². The molecule has 1 N–H and O–H groups in total. The molecule has 312 valence electrons. The van der Waals surface area contributed by atoms with Crippen LogP contribution in [0.5, 0.6) is 0 Å². The zero-order valence-electron chi connectivity index (χ0n) is 34.2. The van der Waals surface area contributed by atoms with Crippen LogP contribution in [-0.4, -0.2) is 48.5 Å². The van der Waals surface area contributed by atoms with Crippen molar-refractivity contribution >= 4 is 7.82 Å². The smallest absolute Gasteiger partial charge is 0.388 e. The Morgan fingerprint density at radius 2 is 0.767 bits per heavy atom. The van der Waals surface area contributed by atoms with Crippen LogP contribution in [0.2, 0.25) is 0 Å². The van der Waals surface area contributed by atoms with E-state index in [9.17, 15) is 11.0 Å². The van der Waals surface area contributed by atoms with Crippen molar-refractivity contribution in [1.29, 1.82) is 0 Å². The monoisotopic (exact) mass is 831 g/mol. The third-order valence-electron chi connectivity index (χ3n) is 9.77. The Labute approximate surface area is 353 Å². The molecule has 0 spiro atoms. The molecular weight excluding hydrogens is 780 g/mol. The Bertz CT molecular complexity index is 2140. The summed E-state index contributed by atoms with van der Waals surface area (Å²) in [6, 6.07) is 56.7. The van der Waals surface area contributed by atoms with Crippen molar-refractivity contribution in [2.24, 2.45) is 0 Å². The van der Waals surface area contributed by atoms with E-state index < -0.39 is 51.2 Å². The molecule has 0 aliphatic carbocycles. The lowest BCUT2D eigenvalue weighted by Gasteiger charge is -2.47. The quantitative estimate of drug-likeness (QED) is 0.0665. The van der Waals surface area contributed by atoms with Crippen LogP contribution in [0.15, 0.2) is 182 Å². The van der Waals surface area contributed by atoms with E-state index in [4.69, 9.17) is 37.3 Å². The maximum Gasteiger partial charge on any atom is 0.475 e. The minimum Gasteiger partial charge on any atom is -0.388 e. The highest BCUT2D eigenvalue weighted by molar-refractivity contribution is 7.48. The van der Waals surface area contributed by atoms with E-state index >= 15 is 0 Å². The summed E-state index contributed by atoms with van der Waals surface area (Å²) in [6.07, 6.45) is -8.38. The molecule has 6 aromatic carbocycles. The van der Waals surface area contributed by atoms with E-state index in [0.717, 1.165) is 33.4 Å². The molecule has 0 saturated carbocycles. The van der Waals surface area contributed by atoms with Gasteiger partial charge < -0.3 is 28.8 Å². The molecule has 6 aromatic rings. The maximum atomic E-state index is 14.4. The van der Waals surface area contributed by atoms with E-state index in [0.29, 0.717) is 0 Å². The van der Waals surface area contributed by atoms with Crippen LogP contribution in [0, 0.1) is 0 Å². The molecule has 0 unspecified atom stereocenters. The van der Waals surface area contributed by atoms with Crippen LogP contribution >= 0.6 is 7.82 Å². The molecule has 6 atom stereocenters. The first kappa shape index (κ1) is 41.9. The van der Waals surface area contributed by atoms with Crippen LogP contribution in [0.4, 0.5) is 0 Å². The summed E-state index contributed by atoms with van der Waals surface area (Å²) >= 11 is 0. The van der Waals surface area contributed by atoms with Gasteiger partial charge in [0, 0.05) is 0 Å². The van der Waals surface area contributed by atoms with Crippen LogP contribution in [0.1, 0.15) is 34.8 Å². The zero-order valence-corrected chi connectivity index (χ0v) is 34.1. The molecule has 0 amide bonds. The van der Waals surface area contributed by atoms with Gasteiger partial charge in [0.1, 0.15) is 30.5 Å². The number of benzene rings is 6.